The van der Waals surface area contributed by atoms with E-state index in [-0.39, 0.29) is 5.63 Å². The maximum atomic E-state index is 11.7. The molecule has 4 heteroatoms. The van der Waals surface area contributed by atoms with Crippen LogP contribution in [0.3, 0.4) is 0 Å². The molecule has 0 aliphatic heterocycles. The Morgan fingerprint density at radius 3 is 2.68 bits per heavy atom. The van der Waals surface area contributed by atoms with Crippen LogP contribution in [0.25, 0.3) is 11.0 Å². The zero-order valence-corrected chi connectivity index (χ0v) is 12.5. The predicted molar refractivity (Wildman–Crippen MR) is 84.5 cm³/mol. The SMILES string of the molecule is COc1cccc(OCc2cc(=O)oc3cc(C)ccc23)c1. The highest BCUT2D eigenvalue weighted by Gasteiger charge is 2.07. The summed E-state index contributed by atoms with van der Waals surface area (Å²) in [4.78, 5) is 11.7. The third-order valence-electron chi connectivity index (χ3n) is 3.42. The molecular formula is C18H16O4. The number of aryl methyl sites for hydroxylation is 1. The molecule has 4 nitrogen and oxygen atoms in total. The van der Waals surface area contributed by atoms with Gasteiger partial charge < -0.3 is 13.9 Å². The van der Waals surface area contributed by atoms with E-state index in [0.717, 1.165) is 22.3 Å². The van der Waals surface area contributed by atoms with Crippen LogP contribution in [0.15, 0.2) is 57.7 Å². The number of hydrogen-bond donors (Lipinski definition) is 0. The molecule has 0 N–H and O–H groups in total. The van der Waals surface area contributed by atoms with Crippen LogP contribution in [-0.4, -0.2) is 7.11 Å². The van der Waals surface area contributed by atoms with Gasteiger partial charge in [-0.1, -0.05) is 18.2 Å². The lowest BCUT2D eigenvalue weighted by molar-refractivity contribution is 0.304. The summed E-state index contributed by atoms with van der Waals surface area (Å²) in [6.45, 7) is 2.25. The normalized spacial score (nSPS) is 10.6. The van der Waals surface area contributed by atoms with Crippen LogP contribution in [0.2, 0.25) is 0 Å². The second-order valence-corrected chi connectivity index (χ2v) is 5.06. The molecule has 0 bridgehead atoms. The van der Waals surface area contributed by atoms with Gasteiger partial charge >= 0.3 is 5.63 Å². The molecule has 112 valence electrons. The molecule has 0 aliphatic rings. The first-order valence-electron chi connectivity index (χ1n) is 6.96. The van der Waals surface area contributed by atoms with E-state index in [1.54, 1.807) is 13.2 Å². The van der Waals surface area contributed by atoms with Crippen molar-refractivity contribution >= 4 is 11.0 Å². The summed E-state index contributed by atoms with van der Waals surface area (Å²) in [6, 6.07) is 14.6. The Hall–Kier alpha value is -2.75. The van der Waals surface area contributed by atoms with Gasteiger partial charge in [0, 0.05) is 23.1 Å². The first-order chi connectivity index (χ1) is 10.7. The average Bonchev–Trinajstić information content (AvgIpc) is 2.52. The summed E-state index contributed by atoms with van der Waals surface area (Å²) in [5.41, 5.74) is 2.05. The van der Waals surface area contributed by atoms with Crippen molar-refractivity contribution in [2.75, 3.05) is 7.11 Å². The van der Waals surface area contributed by atoms with Gasteiger partial charge in [0.1, 0.15) is 23.7 Å². The summed E-state index contributed by atoms with van der Waals surface area (Å²) in [7, 11) is 1.61. The van der Waals surface area contributed by atoms with Crippen LogP contribution in [0.5, 0.6) is 11.5 Å². The smallest absolute Gasteiger partial charge is 0.336 e. The minimum atomic E-state index is -0.373. The van der Waals surface area contributed by atoms with Crippen LogP contribution >= 0.6 is 0 Å². The molecule has 3 aromatic rings. The third-order valence-corrected chi connectivity index (χ3v) is 3.42. The van der Waals surface area contributed by atoms with Crippen LogP contribution in [0.4, 0.5) is 0 Å². The van der Waals surface area contributed by atoms with Gasteiger partial charge in [-0.05, 0) is 30.7 Å². The lowest BCUT2D eigenvalue weighted by Gasteiger charge is -2.09. The highest BCUT2D eigenvalue weighted by atomic mass is 16.5. The highest BCUT2D eigenvalue weighted by Crippen LogP contribution is 2.22. The third kappa shape index (κ3) is 2.96. The Labute approximate surface area is 127 Å². The van der Waals surface area contributed by atoms with E-state index < -0.39 is 0 Å². The van der Waals surface area contributed by atoms with E-state index in [1.165, 1.54) is 6.07 Å². The van der Waals surface area contributed by atoms with Crippen molar-refractivity contribution in [3.05, 3.63) is 70.1 Å². The van der Waals surface area contributed by atoms with Crippen molar-refractivity contribution < 1.29 is 13.9 Å². The molecule has 3 rings (SSSR count). The van der Waals surface area contributed by atoms with Gasteiger partial charge in [-0.25, -0.2) is 4.79 Å². The Morgan fingerprint density at radius 1 is 1.05 bits per heavy atom. The molecule has 0 amide bonds. The maximum Gasteiger partial charge on any atom is 0.336 e. The van der Waals surface area contributed by atoms with Crippen molar-refractivity contribution in [2.45, 2.75) is 13.5 Å². The molecule has 1 aromatic heterocycles. The topological polar surface area (TPSA) is 48.7 Å². The summed E-state index contributed by atoms with van der Waals surface area (Å²) in [6.07, 6.45) is 0. The van der Waals surface area contributed by atoms with Gasteiger partial charge in [0.15, 0.2) is 0 Å². The molecule has 0 unspecified atom stereocenters. The summed E-state index contributed by atoms with van der Waals surface area (Å²) in [5.74, 6) is 1.42. The molecule has 0 saturated heterocycles. The number of hydrogen-bond acceptors (Lipinski definition) is 4. The van der Waals surface area contributed by atoms with Crippen molar-refractivity contribution in [1.82, 2.24) is 0 Å². The Bertz CT molecular complexity index is 864. The van der Waals surface area contributed by atoms with Crippen molar-refractivity contribution in [3.63, 3.8) is 0 Å². The van der Waals surface area contributed by atoms with Crippen molar-refractivity contribution in [1.29, 1.82) is 0 Å². The molecule has 0 atom stereocenters. The first-order valence-corrected chi connectivity index (χ1v) is 6.96. The minimum absolute atomic E-state index is 0.290. The van der Waals surface area contributed by atoms with Gasteiger partial charge in [0.25, 0.3) is 0 Å². The van der Waals surface area contributed by atoms with E-state index >= 15 is 0 Å². The zero-order chi connectivity index (χ0) is 15.5. The number of fused-ring (bicyclic) bond motifs is 1. The van der Waals surface area contributed by atoms with Gasteiger partial charge in [0.2, 0.25) is 0 Å². The highest BCUT2D eigenvalue weighted by molar-refractivity contribution is 5.80. The monoisotopic (exact) mass is 296 g/mol. The number of methoxy groups -OCH3 is 1. The lowest BCUT2D eigenvalue weighted by atomic mass is 10.1. The van der Waals surface area contributed by atoms with E-state index in [4.69, 9.17) is 13.9 Å². The van der Waals surface area contributed by atoms with Crippen molar-refractivity contribution in [2.24, 2.45) is 0 Å². The van der Waals surface area contributed by atoms with E-state index in [1.807, 2.05) is 43.3 Å². The number of rotatable bonds is 4. The number of benzene rings is 2. The van der Waals surface area contributed by atoms with Gasteiger partial charge in [0.05, 0.1) is 7.11 Å². The fraction of sp³-hybridized carbons (Fsp3) is 0.167. The van der Waals surface area contributed by atoms with Crippen LogP contribution in [-0.2, 0) is 6.61 Å². The van der Waals surface area contributed by atoms with E-state index in [2.05, 4.69) is 0 Å². The molecule has 0 radical (unpaired) electrons. The summed E-state index contributed by atoms with van der Waals surface area (Å²) in [5, 5.41) is 0.882. The predicted octanol–water partition coefficient (Wildman–Crippen LogP) is 3.69. The Morgan fingerprint density at radius 2 is 1.86 bits per heavy atom. The van der Waals surface area contributed by atoms with Gasteiger partial charge in [-0.2, -0.15) is 0 Å². The molecular weight excluding hydrogens is 280 g/mol. The molecule has 0 spiro atoms. The van der Waals surface area contributed by atoms with Gasteiger partial charge in [-0.3, -0.25) is 0 Å². The second-order valence-electron chi connectivity index (χ2n) is 5.06. The second kappa shape index (κ2) is 5.93. The average molecular weight is 296 g/mol. The quantitative estimate of drug-likeness (QED) is 0.689. The standard InChI is InChI=1S/C18H16O4/c1-12-6-7-16-13(9-18(19)22-17(16)8-12)11-21-15-5-3-4-14(10-15)20-2/h3-10H,11H2,1-2H3. The Kier molecular flexibility index (Phi) is 3.83. The molecule has 0 fully saturated rings. The van der Waals surface area contributed by atoms with Crippen LogP contribution in [0, 0.1) is 6.92 Å². The van der Waals surface area contributed by atoms with E-state index in [9.17, 15) is 4.79 Å². The molecule has 22 heavy (non-hydrogen) atoms. The maximum absolute atomic E-state index is 11.7. The molecule has 0 saturated carbocycles. The largest absolute Gasteiger partial charge is 0.497 e. The molecule has 2 aromatic carbocycles. The number of ether oxygens (including phenoxy) is 2. The van der Waals surface area contributed by atoms with E-state index in [0.29, 0.717) is 17.9 Å². The van der Waals surface area contributed by atoms with Crippen molar-refractivity contribution in [3.8, 4) is 11.5 Å². The Balaban J connectivity index is 1.91. The fourth-order valence-electron chi connectivity index (χ4n) is 2.31. The molecule has 0 aliphatic carbocycles. The minimum Gasteiger partial charge on any atom is -0.497 e. The summed E-state index contributed by atoms with van der Waals surface area (Å²) < 4.78 is 16.2. The lowest BCUT2D eigenvalue weighted by Crippen LogP contribution is -2.04. The van der Waals surface area contributed by atoms with Gasteiger partial charge in [-0.15, -0.1) is 0 Å². The zero-order valence-electron chi connectivity index (χ0n) is 12.5. The first kappa shape index (κ1) is 14.2. The fourth-order valence-corrected chi connectivity index (χ4v) is 2.31. The van der Waals surface area contributed by atoms with Crippen LogP contribution < -0.4 is 15.1 Å². The summed E-state index contributed by atoms with van der Waals surface area (Å²) >= 11 is 0. The van der Waals surface area contributed by atoms with Crippen LogP contribution in [0.1, 0.15) is 11.1 Å². The molecule has 1 heterocycles.